The molecule has 0 aliphatic carbocycles. The van der Waals surface area contributed by atoms with E-state index in [0.29, 0.717) is 0 Å². The lowest BCUT2D eigenvalue weighted by atomic mass is 10.0. The van der Waals surface area contributed by atoms with E-state index in [1.165, 1.54) is 22.5 Å². The molecule has 2 aromatic rings. The molecule has 0 amide bonds. The van der Waals surface area contributed by atoms with Crippen LogP contribution in [0.15, 0.2) is 46.9 Å². The van der Waals surface area contributed by atoms with Crippen molar-refractivity contribution in [2.45, 2.75) is 0 Å². The van der Waals surface area contributed by atoms with Crippen LogP contribution in [-0.2, 0) is 0 Å². The first-order chi connectivity index (χ1) is 9.00. The molecule has 0 bridgehead atoms. The van der Waals surface area contributed by atoms with Gasteiger partial charge in [0, 0.05) is 49.6 Å². The standard InChI is InChI=1S/C16H19BrN2/c1-18(2)12-9-10-14(16(11-12)19(3)4)13-7-5-6-8-15(13)17/h5-11H,1-4H3. The van der Waals surface area contributed by atoms with E-state index in [-0.39, 0.29) is 0 Å². The highest BCUT2D eigenvalue weighted by Gasteiger charge is 2.11. The molecule has 0 N–H and O–H groups in total. The molecule has 100 valence electrons. The lowest BCUT2D eigenvalue weighted by Crippen LogP contribution is -2.13. The molecule has 19 heavy (non-hydrogen) atoms. The van der Waals surface area contributed by atoms with E-state index in [9.17, 15) is 0 Å². The summed E-state index contributed by atoms with van der Waals surface area (Å²) in [6.07, 6.45) is 0. The number of rotatable bonds is 3. The Kier molecular flexibility index (Phi) is 4.15. The predicted octanol–water partition coefficient (Wildman–Crippen LogP) is 4.25. The monoisotopic (exact) mass is 318 g/mol. The average Bonchev–Trinajstić information content (AvgIpc) is 2.38. The number of benzene rings is 2. The van der Waals surface area contributed by atoms with Crippen molar-refractivity contribution in [3.63, 3.8) is 0 Å². The van der Waals surface area contributed by atoms with Crippen LogP contribution in [0.5, 0.6) is 0 Å². The van der Waals surface area contributed by atoms with Crippen LogP contribution in [-0.4, -0.2) is 28.2 Å². The summed E-state index contributed by atoms with van der Waals surface area (Å²) in [5.41, 5.74) is 4.89. The summed E-state index contributed by atoms with van der Waals surface area (Å²) in [4.78, 5) is 4.28. The Labute approximate surface area is 123 Å². The second-order valence-corrected chi connectivity index (χ2v) is 5.82. The Morgan fingerprint density at radius 1 is 0.789 bits per heavy atom. The topological polar surface area (TPSA) is 6.48 Å². The smallest absolute Gasteiger partial charge is 0.0461 e. The largest absolute Gasteiger partial charge is 0.378 e. The van der Waals surface area contributed by atoms with Gasteiger partial charge in [-0.25, -0.2) is 0 Å². The fraction of sp³-hybridized carbons (Fsp3) is 0.250. The SMILES string of the molecule is CN(C)c1ccc(-c2ccccc2Br)c(N(C)C)c1. The maximum Gasteiger partial charge on any atom is 0.0461 e. The normalized spacial score (nSPS) is 10.4. The van der Waals surface area contributed by atoms with Gasteiger partial charge in [-0.1, -0.05) is 40.2 Å². The van der Waals surface area contributed by atoms with E-state index >= 15 is 0 Å². The second-order valence-electron chi connectivity index (χ2n) is 4.97. The zero-order chi connectivity index (χ0) is 14.0. The van der Waals surface area contributed by atoms with Gasteiger partial charge in [-0.15, -0.1) is 0 Å². The van der Waals surface area contributed by atoms with Crippen molar-refractivity contribution in [3.05, 3.63) is 46.9 Å². The molecule has 2 rings (SSSR count). The Morgan fingerprint density at radius 3 is 2.05 bits per heavy atom. The van der Waals surface area contributed by atoms with E-state index in [0.717, 1.165) is 4.47 Å². The first-order valence-electron chi connectivity index (χ1n) is 6.24. The van der Waals surface area contributed by atoms with Crippen LogP contribution >= 0.6 is 15.9 Å². The maximum atomic E-state index is 3.63. The third kappa shape index (κ3) is 2.92. The van der Waals surface area contributed by atoms with E-state index in [4.69, 9.17) is 0 Å². The number of anilines is 2. The molecule has 2 aromatic carbocycles. The maximum absolute atomic E-state index is 3.63. The minimum atomic E-state index is 1.12. The van der Waals surface area contributed by atoms with Crippen molar-refractivity contribution >= 4 is 27.3 Å². The zero-order valence-corrected chi connectivity index (χ0v) is 13.4. The number of halogens is 1. The van der Waals surface area contributed by atoms with Crippen LogP contribution in [0.25, 0.3) is 11.1 Å². The van der Waals surface area contributed by atoms with Gasteiger partial charge in [0.25, 0.3) is 0 Å². The van der Waals surface area contributed by atoms with Gasteiger partial charge >= 0.3 is 0 Å². The number of hydrogen-bond acceptors (Lipinski definition) is 2. The Morgan fingerprint density at radius 2 is 1.47 bits per heavy atom. The Bertz CT molecular complexity index is 577. The summed E-state index contributed by atoms with van der Waals surface area (Å²) in [7, 11) is 8.28. The van der Waals surface area contributed by atoms with Gasteiger partial charge in [-0.3, -0.25) is 0 Å². The molecule has 0 aromatic heterocycles. The molecule has 0 saturated heterocycles. The van der Waals surface area contributed by atoms with Gasteiger partial charge in [0.05, 0.1) is 0 Å². The molecule has 0 unspecified atom stereocenters. The molecular weight excluding hydrogens is 300 g/mol. The number of nitrogens with zero attached hydrogens (tertiary/aromatic N) is 2. The molecule has 0 aliphatic heterocycles. The molecular formula is C16H19BrN2. The van der Waals surface area contributed by atoms with Crippen molar-refractivity contribution in [3.8, 4) is 11.1 Å². The van der Waals surface area contributed by atoms with Crippen LogP contribution in [0.3, 0.4) is 0 Å². The lowest BCUT2D eigenvalue weighted by Gasteiger charge is -2.22. The minimum absolute atomic E-state index is 1.12. The van der Waals surface area contributed by atoms with Crippen LogP contribution in [0, 0.1) is 0 Å². The van der Waals surface area contributed by atoms with Crippen molar-refractivity contribution in [2.75, 3.05) is 38.0 Å². The van der Waals surface area contributed by atoms with Gasteiger partial charge in [-0.2, -0.15) is 0 Å². The molecule has 0 aliphatic rings. The van der Waals surface area contributed by atoms with E-state index < -0.39 is 0 Å². The fourth-order valence-corrected chi connectivity index (χ4v) is 2.57. The summed E-state index contributed by atoms with van der Waals surface area (Å²) in [5, 5.41) is 0. The second kappa shape index (κ2) is 5.66. The van der Waals surface area contributed by atoms with Crippen LogP contribution in [0.1, 0.15) is 0 Å². The van der Waals surface area contributed by atoms with E-state index in [1.807, 2.05) is 6.07 Å². The molecule has 0 atom stereocenters. The highest BCUT2D eigenvalue weighted by molar-refractivity contribution is 9.10. The van der Waals surface area contributed by atoms with Gasteiger partial charge < -0.3 is 9.80 Å². The predicted molar refractivity (Wildman–Crippen MR) is 88.2 cm³/mol. The van der Waals surface area contributed by atoms with Gasteiger partial charge in [0.2, 0.25) is 0 Å². The summed E-state index contributed by atoms with van der Waals surface area (Å²) >= 11 is 3.63. The lowest BCUT2D eigenvalue weighted by molar-refractivity contribution is 1.10. The third-order valence-electron chi connectivity index (χ3n) is 3.14. The quantitative estimate of drug-likeness (QED) is 0.834. The molecule has 0 saturated carbocycles. The molecule has 0 spiro atoms. The van der Waals surface area contributed by atoms with Crippen molar-refractivity contribution in [2.24, 2.45) is 0 Å². The van der Waals surface area contributed by atoms with Gasteiger partial charge in [0.15, 0.2) is 0 Å². The van der Waals surface area contributed by atoms with Crippen molar-refractivity contribution < 1.29 is 0 Å². The van der Waals surface area contributed by atoms with Crippen molar-refractivity contribution in [1.82, 2.24) is 0 Å². The fourth-order valence-electron chi connectivity index (χ4n) is 2.08. The average molecular weight is 319 g/mol. The molecule has 0 fully saturated rings. The minimum Gasteiger partial charge on any atom is -0.378 e. The zero-order valence-electron chi connectivity index (χ0n) is 11.8. The summed E-state index contributed by atoms with van der Waals surface area (Å²) in [6, 6.07) is 14.9. The Balaban J connectivity index is 2.61. The summed E-state index contributed by atoms with van der Waals surface area (Å²) in [6.45, 7) is 0. The molecule has 3 heteroatoms. The van der Waals surface area contributed by atoms with Crippen LogP contribution < -0.4 is 9.80 Å². The highest BCUT2D eigenvalue weighted by atomic mass is 79.9. The Hall–Kier alpha value is -1.48. The van der Waals surface area contributed by atoms with Gasteiger partial charge in [0.1, 0.15) is 0 Å². The first kappa shape index (κ1) is 13.9. The van der Waals surface area contributed by atoms with Crippen LogP contribution in [0.2, 0.25) is 0 Å². The van der Waals surface area contributed by atoms with Crippen LogP contribution in [0.4, 0.5) is 11.4 Å². The molecule has 2 nitrogen and oxygen atoms in total. The van der Waals surface area contributed by atoms with Gasteiger partial charge in [-0.05, 0) is 23.8 Å². The van der Waals surface area contributed by atoms with E-state index in [1.54, 1.807) is 0 Å². The molecule has 0 heterocycles. The summed E-state index contributed by atoms with van der Waals surface area (Å²) < 4.78 is 1.12. The third-order valence-corrected chi connectivity index (χ3v) is 3.84. The molecule has 0 radical (unpaired) electrons. The first-order valence-corrected chi connectivity index (χ1v) is 7.03. The summed E-state index contributed by atoms with van der Waals surface area (Å²) in [5.74, 6) is 0. The van der Waals surface area contributed by atoms with Crippen molar-refractivity contribution in [1.29, 1.82) is 0 Å². The number of hydrogen-bond donors (Lipinski definition) is 0. The highest BCUT2D eigenvalue weighted by Crippen LogP contribution is 2.36. The van der Waals surface area contributed by atoms with E-state index in [2.05, 4.69) is 90.3 Å².